The molecule has 1 N–H and O–H groups in total. The van der Waals surface area contributed by atoms with Gasteiger partial charge < -0.3 is 5.11 Å². The molecule has 0 atom stereocenters. The summed E-state index contributed by atoms with van der Waals surface area (Å²) in [7, 11) is -3.37. The lowest BCUT2D eigenvalue weighted by Crippen LogP contribution is -2.05. The van der Waals surface area contributed by atoms with E-state index >= 15 is 0 Å². The van der Waals surface area contributed by atoms with E-state index in [1.165, 1.54) is 0 Å². The van der Waals surface area contributed by atoms with Gasteiger partial charge in [0.2, 0.25) is 0 Å². The van der Waals surface area contributed by atoms with E-state index in [4.69, 9.17) is 5.11 Å². The van der Waals surface area contributed by atoms with Crippen molar-refractivity contribution in [2.45, 2.75) is 17.3 Å². The topological polar surface area (TPSA) is 54.4 Å². The van der Waals surface area contributed by atoms with Gasteiger partial charge in [0, 0.05) is 4.47 Å². The zero-order valence-corrected chi connectivity index (χ0v) is 12.5. The molecule has 2 rings (SSSR count). The molecule has 5 heteroatoms. The molecule has 0 amide bonds. The Labute approximate surface area is 121 Å². The summed E-state index contributed by atoms with van der Waals surface area (Å²) in [5.41, 5.74) is 1.47. The largest absolute Gasteiger partial charge is 0.392 e. The molecule has 0 aliphatic carbocycles. The van der Waals surface area contributed by atoms with Crippen LogP contribution < -0.4 is 0 Å². The van der Waals surface area contributed by atoms with Gasteiger partial charge in [0.25, 0.3) is 0 Å². The number of hydrogen-bond donors (Lipinski definition) is 1. The number of aliphatic hydroxyl groups excluding tert-OH is 1. The monoisotopic (exact) mass is 340 g/mol. The van der Waals surface area contributed by atoms with E-state index < -0.39 is 9.84 Å². The Morgan fingerprint density at radius 2 is 1.53 bits per heavy atom. The first kappa shape index (κ1) is 14.2. The fraction of sp³-hybridized carbons (Fsp3) is 0.143. The third kappa shape index (κ3) is 3.43. The molecule has 0 spiro atoms. The minimum Gasteiger partial charge on any atom is -0.392 e. The van der Waals surface area contributed by atoms with Gasteiger partial charge in [0.1, 0.15) is 0 Å². The Kier molecular flexibility index (Phi) is 4.39. The molecule has 0 fully saturated rings. The van der Waals surface area contributed by atoms with Gasteiger partial charge in [-0.3, -0.25) is 0 Å². The van der Waals surface area contributed by atoms with Crippen LogP contribution >= 0.6 is 15.9 Å². The zero-order chi connectivity index (χ0) is 13.9. The van der Waals surface area contributed by atoms with Crippen molar-refractivity contribution in [3.63, 3.8) is 0 Å². The summed E-state index contributed by atoms with van der Waals surface area (Å²) in [5.74, 6) is -0.0542. The Hall–Kier alpha value is -1.17. The molecule has 0 unspecified atom stereocenters. The van der Waals surface area contributed by atoms with Crippen LogP contribution in [0.4, 0.5) is 0 Å². The van der Waals surface area contributed by atoms with Crippen molar-refractivity contribution < 1.29 is 13.5 Å². The highest BCUT2D eigenvalue weighted by atomic mass is 79.9. The molecule has 0 aliphatic heterocycles. The SMILES string of the molecule is O=S(=O)(Cc1ccc(CO)cc1)c1ccccc1Br. The van der Waals surface area contributed by atoms with Crippen molar-refractivity contribution in [1.82, 2.24) is 0 Å². The van der Waals surface area contributed by atoms with Crippen LogP contribution in [0.2, 0.25) is 0 Å². The summed E-state index contributed by atoms with van der Waals surface area (Å²) in [5, 5.41) is 8.95. The molecule has 0 saturated carbocycles. The second-order valence-corrected chi connectivity index (χ2v) is 6.98. The average molecular weight is 341 g/mol. The van der Waals surface area contributed by atoms with Gasteiger partial charge in [-0.25, -0.2) is 8.42 Å². The summed E-state index contributed by atoms with van der Waals surface area (Å²) in [6.45, 7) is -0.0444. The van der Waals surface area contributed by atoms with Crippen LogP contribution in [0.25, 0.3) is 0 Å². The highest BCUT2D eigenvalue weighted by molar-refractivity contribution is 9.10. The summed E-state index contributed by atoms with van der Waals surface area (Å²) in [6.07, 6.45) is 0. The summed E-state index contributed by atoms with van der Waals surface area (Å²) >= 11 is 3.26. The van der Waals surface area contributed by atoms with E-state index in [1.807, 2.05) is 0 Å². The van der Waals surface area contributed by atoms with Crippen molar-refractivity contribution in [3.05, 3.63) is 64.1 Å². The molecule has 19 heavy (non-hydrogen) atoms. The number of rotatable bonds is 4. The molecule has 0 aliphatic rings. The molecule has 0 bridgehead atoms. The molecule has 0 heterocycles. The van der Waals surface area contributed by atoms with Crippen LogP contribution in [-0.2, 0) is 22.2 Å². The second-order valence-electron chi connectivity index (χ2n) is 4.16. The fourth-order valence-corrected chi connectivity index (χ4v) is 4.20. The molecular formula is C14H13BrO3S. The van der Waals surface area contributed by atoms with Gasteiger partial charge in [0.15, 0.2) is 9.84 Å². The van der Waals surface area contributed by atoms with E-state index in [1.54, 1.807) is 48.5 Å². The van der Waals surface area contributed by atoms with Crippen molar-refractivity contribution >= 4 is 25.8 Å². The van der Waals surface area contributed by atoms with Crippen LogP contribution in [0, 0.1) is 0 Å². The lowest BCUT2D eigenvalue weighted by molar-refractivity contribution is 0.282. The minimum atomic E-state index is -3.37. The number of halogens is 1. The third-order valence-corrected chi connectivity index (χ3v) is 5.43. The van der Waals surface area contributed by atoms with E-state index in [0.717, 1.165) is 5.56 Å². The fourth-order valence-electron chi connectivity index (χ4n) is 1.74. The molecule has 2 aromatic rings. The first-order chi connectivity index (χ1) is 9.03. The number of hydrogen-bond acceptors (Lipinski definition) is 3. The Balaban J connectivity index is 2.28. The molecule has 2 aromatic carbocycles. The summed E-state index contributed by atoms with van der Waals surface area (Å²) in [6, 6.07) is 13.7. The molecular weight excluding hydrogens is 328 g/mol. The number of sulfone groups is 1. The lowest BCUT2D eigenvalue weighted by atomic mass is 10.2. The van der Waals surface area contributed by atoms with E-state index in [0.29, 0.717) is 14.9 Å². The Morgan fingerprint density at radius 3 is 2.11 bits per heavy atom. The highest BCUT2D eigenvalue weighted by Crippen LogP contribution is 2.24. The van der Waals surface area contributed by atoms with Crippen LogP contribution in [0.5, 0.6) is 0 Å². The quantitative estimate of drug-likeness (QED) is 0.930. The third-order valence-electron chi connectivity index (χ3n) is 2.73. The molecule has 100 valence electrons. The molecule has 3 nitrogen and oxygen atoms in total. The predicted octanol–water partition coefficient (Wildman–Crippen LogP) is 2.92. The predicted molar refractivity (Wildman–Crippen MR) is 77.4 cm³/mol. The van der Waals surface area contributed by atoms with Crippen molar-refractivity contribution in [3.8, 4) is 0 Å². The van der Waals surface area contributed by atoms with Gasteiger partial charge in [0.05, 0.1) is 17.3 Å². The maximum atomic E-state index is 12.3. The normalized spacial score (nSPS) is 11.5. The van der Waals surface area contributed by atoms with Gasteiger partial charge in [-0.2, -0.15) is 0 Å². The van der Waals surface area contributed by atoms with Crippen molar-refractivity contribution in [2.75, 3.05) is 0 Å². The lowest BCUT2D eigenvalue weighted by Gasteiger charge is -2.07. The molecule has 0 aromatic heterocycles. The molecule has 0 radical (unpaired) electrons. The maximum absolute atomic E-state index is 12.3. The standard InChI is InChI=1S/C14H13BrO3S/c15-13-3-1-2-4-14(13)19(17,18)10-12-7-5-11(9-16)6-8-12/h1-8,16H,9-10H2. The average Bonchev–Trinajstić information content (AvgIpc) is 2.39. The second kappa shape index (κ2) is 5.86. The number of aliphatic hydroxyl groups is 1. The van der Waals surface area contributed by atoms with E-state index in [2.05, 4.69) is 15.9 Å². The van der Waals surface area contributed by atoms with Crippen LogP contribution in [0.1, 0.15) is 11.1 Å². The minimum absolute atomic E-state index is 0.0444. The van der Waals surface area contributed by atoms with Crippen LogP contribution in [-0.4, -0.2) is 13.5 Å². The van der Waals surface area contributed by atoms with E-state index in [9.17, 15) is 8.42 Å². The van der Waals surface area contributed by atoms with Crippen molar-refractivity contribution in [1.29, 1.82) is 0 Å². The number of benzene rings is 2. The zero-order valence-electron chi connectivity index (χ0n) is 10.1. The smallest absolute Gasteiger partial charge is 0.183 e. The Morgan fingerprint density at radius 1 is 0.947 bits per heavy atom. The molecule has 0 saturated heterocycles. The van der Waals surface area contributed by atoms with Gasteiger partial charge in [-0.1, -0.05) is 36.4 Å². The van der Waals surface area contributed by atoms with Crippen molar-refractivity contribution in [2.24, 2.45) is 0 Å². The van der Waals surface area contributed by atoms with Gasteiger partial charge in [-0.15, -0.1) is 0 Å². The Bertz CT molecular complexity index is 663. The van der Waals surface area contributed by atoms with Crippen LogP contribution in [0.15, 0.2) is 57.9 Å². The first-order valence-corrected chi connectivity index (χ1v) is 8.13. The highest BCUT2D eigenvalue weighted by Gasteiger charge is 2.17. The van der Waals surface area contributed by atoms with Crippen LogP contribution in [0.3, 0.4) is 0 Å². The van der Waals surface area contributed by atoms with Gasteiger partial charge in [-0.05, 0) is 39.2 Å². The maximum Gasteiger partial charge on any atom is 0.183 e. The first-order valence-electron chi connectivity index (χ1n) is 5.69. The summed E-state index contributed by atoms with van der Waals surface area (Å²) in [4.78, 5) is 0.293. The van der Waals surface area contributed by atoms with E-state index in [-0.39, 0.29) is 12.4 Å². The van der Waals surface area contributed by atoms with Gasteiger partial charge >= 0.3 is 0 Å². The summed E-state index contributed by atoms with van der Waals surface area (Å²) < 4.78 is 25.2.